The fourth-order valence-corrected chi connectivity index (χ4v) is 3.29. The molecule has 0 aromatic heterocycles. The molecule has 5 nitrogen and oxygen atoms in total. The minimum absolute atomic E-state index is 0.343. The smallest absolute Gasteiger partial charge is 0.278 e. The number of rotatable bonds is 2. The van der Waals surface area contributed by atoms with E-state index in [1.165, 1.54) is 24.3 Å². The molecule has 7 heteroatoms. The lowest BCUT2D eigenvalue weighted by Gasteiger charge is -2.15. The third-order valence-corrected chi connectivity index (χ3v) is 4.51. The number of fused-ring (bicyclic) bond motifs is 1. The van der Waals surface area contributed by atoms with Crippen LogP contribution in [0, 0.1) is 11.7 Å². The molecule has 1 fully saturated rings. The molecule has 0 saturated carbocycles. The molecule has 4 rings (SSSR count). The predicted molar refractivity (Wildman–Crippen MR) is 87.9 cm³/mol. The van der Waals surface area contributed by atoms with Crippen LogP contribution in [0.3, 0.4) is 0 Å². The second-order valence-corrected chi connectivity index (χ2v) is 6.39. The van der Waals surface area contributed by atoms with Crippen LogP contribution in [0.25, 0.3) is 0 Å². The largest absolute Gasteiger partial charge is 0.381 e. The molecular weight excluding hydrogens is 379 g/mol. The topological polar surface area (TPSA) is 59.0 Å². The normalized spacial score (nSPS) is 22.4. The van der Waals surface area contributed by atoms with Crippen LogP contribution in [0.1, 0.15) is 5.56 Å². The van der Waals surface area contributed by atoms with E-state index >= 15 is 0 Å². The van der Waals surface area contributed by atoms with Crippen LogP contribution in [-0.4, -0.2) is 23.6 Å². The zero-order valence-electron chi connectivity index (χ0n) is 12.1. The third-order valence-electron chi connectivity index (χ3n) is 4.02. The second-order valence-electron chi connectivity index (χ2n) is 5.48. The van der Waals surface area contributed by atoms with Crippen molar-refractivity contribution in [3.8, 4) is 0 Å². The molecular formula is C17H10BrFN2O3. The number of carbonyl (C=O) groups excluding carboxylic acids is 2. The van der Waals surface area contributed by atoms with Gasteiger partial charge in [0, 0.05) is 10.0 Å². The monoisotopic (exact) mass is 388 g/mol. The summed E-state index contributed by atoms with van der Waals surface area (Å²) in [6, 6.07) is 12.5. The van der Waals surface area contributed by atoms with Crippen LogP contribution in [0.4, 0.5) is 10.1 Å². The first-order valence-electron chi connectivity index (χ1n) is 7.19. The highest BCUT2D eigenvalue weighted by Crippen LogP contribution is 2.35. The van der Waals surface area contributed by atoms with Gasteiger partial charge in [0.15, 0.2) is 0 Å². The van der Waals surface area contributed by atoms with Gasteiger partial charge in [0.1, 0.15) is 17.4 Å². The molecule has 0 radical (unpaired) electrons. The lowest BCUT2D eigenvalue weighted by molar-refractivity contribution is -0.126. The van der Waals surface area contributed by atoms with Crippen LogP contribution >= 0.6 is 15.9 Å². The molecule has 2 aromatic rings. The zero-order chi connectivity index (χ0) is 16.8. The van der Waals surface area contributed by atoms with Crippen molar-refractivity contribution in [2.45, 2.75) is 6.10 Å². The Hall–Kier alpha value is -2.54. The van der Waals surface area contributed by atoms with Crippen LogP contribution in [0.15, 0.2) is 58.2 Å². The molecule has 0 unspecified atom stereocenters. The van der Waals surface area contributed by atoms with Crippen molar-refractivity contribution in [3.05, 3.63) is 64.4 Å². The van der Waals surface area contributed by atoms with E-state index in [2.05, 4.69) is 21.1 Å². The number of nitrogens with zero attached hydrogens (tertiary/aromatic N) is 2. The number of imide groups is 1. The average molecular weight is 389 g/mol. The summed E-state index contributed by atoms with van der Waals surface area (Å²) in [7, 11) is 0. The van der Waals surface area contributed by atoms with Crippen LogP contribution in [0.5, 0.6) is 0 Å². The van der Waals surface area contributed by atoms with Crippen molar-refractivity contribution in [3.63, 3.8) is 0 Å². The summed E-state index contributed by atoms with van der Waals surface area (Å²) in [6.45, 7) is 0. The molecule has 0 bridgehead atoms. The summed E-state index contributed by atoms with van der Waals surface area (Å²) in [5.41, 5.74) is 1.37. The molecule has 2 atom stereocenters. The summed E-state index contributed by atoms with van der Waals surface area (Å²) in [6.07, 6.45) is -0.975. The van der Waals surface area contributed by atoms with Gasteiger partial charge < -0.3 is 4.84 Å². The quantitative estimate of drug-likeness (QED) is 0.743. The van der Waals surface area contributed by atoms with Crippen molar-refractivity contribution < 1.29 is 18.8 Å². The molecule has 2 aliphatic rings. The molecule has 0 spiro atoms. The highest BCUT2D eigenvalue weighted by molar-refractivity contribution is 9.10. The van der Waals surface area contributed by atoms with Gasteiger partial charge in [0.2, 0.25) is 12.0 Å². The van der Waals surface area contributed by atoms with Gasteiger partial charge in [-0.05, 0) is 30.3 Å². The number of hydrogen-bond acceptors (Lipinski definition) is 4. The van der Waals surface area contributed by atoms with Gasteiger partial charge in [-0.25, -0.2) is 9.29 Å². The molecule has 120 valence electrons. The number of benzene rings is 2. The Morgan fingerprint density at radius 3 is 2.54 bits per heavy atom. The lowest BCUT2D eigenvalue weighted by Crippen LogP contribution is -2.33. The van der Waals surface area contributed by atoms with E-state index in [4.69, 9.17) is 4.84 Å². The Bertz CT molecular complexity index is 882. The van der Waals surface area contributed by atoms with Crippen molar-refractivity contribution in [1.82, 2.24) is 0 Å². The maximum absolute atomic E-state index is 13.1. The number of anilines is 1. The predicted octanol–water partition coefficient (Wildman–Crippen LogP) is 2.88. The molecule has 2 amide bonds. The van der Waals surface area contributed by atoms with Crippen molar-refractivity contribution in [2.75, 3.05) is 4.90 Å². The summed E-state index contributed by atoms with van der Waals surface area (Å²) in [5.74, 6) is -2.06. The Labute approximate surface area is 144 Å². The maximum atomic E-state index is 13.1. The number of oxime groups is 1. The summed E-state index contributed by atoms with van der Waals surface area (Å²) in [4.78, 5) is 31.7. The average Bonchev–Trinajstić information content (AvgIpc) is 3.09. The van der Waals surface area contributed by atoms with Gasteiger partial charge in [0.25, 0.3) is 5.91 Å². The van der Waals surface area contributed by atoms with Gasteiger partial charge in [-0.1, -0.05) is 39.3 Å². The zero-order valence-corrected chi connectivity index (χ0v) is 13.7. The fraction of sp³-hybridized carbons (Fsp3) is 0.118. The Morgan fingerprint density at radius 1 is 1.08 bits per heavy atom. The van der Waals surface area contributed by atoms with Gasteiger partial charge in [-0.15, -0.1) is 0 Å². The third kappa shape index (κ3) is 2.24. The van der Waals surface area contributed by atoms with E-state index in [0.717, 1.165) is 9.37 Å². The number of hydrogen-bond donors (Lipinski definition) is 0. The van der Waals surface area contributed by atoms with E-state index in [-0.39, 0.29) is 5.82 Å². The summed E-state index contributed by atoms with van der Waals surface area (Å²) in [5, 5.41) is 3.88. The fourth-order valence-electron chi connectivity index (χ4n) is 2.91. The highest BCUT2D eigenvalue weighted by Gasteiger charge is 2.56. The molecule has 2 heterocycles. The molecule has 2 aliphatic heterocycles. The van der Waals surface area contributed by atoms with Gasteiger partial charge in [-0.3, -0.25) is 9.59 Å². The molecule has 2 aromatic carbocycles. The Kier molecular flexibility index (Phi) is 3.45. The minimum atomic E-state index is -0.975. The van der Waals surface area contributed by atoms with E-state index in [0.29, 0.717) is 17.0 Å². The summed E-state index contributed by atoms with van der Waals surface area (Å²) >= 11 is 3.33. The highest BCUT2D eigenvalue weighted by atomic mass is 79.9. The standard InChI is InChI=1S/C17H10BrFN2O3/c18-10-2-1-3-12(8-10)21-16(22)13-14(20-24-15(13)17(21)23)9-4-6-11(19)7-5-9/h1-8,13,15H/t13-,15+/m1/s1. The SMILES string of the molecule is O=C1[C@@H]2C(c3ccc(F)cc3)=NO[C@@H]2C(=O)N1c1cccc(Br)c1. The number of halogens is 2. The van der Waals surface area contributed by atoms with Gasteiger partial charge in [-0.2, -0.15) is 0 Å². The van der Waals surface area contributed by atoms with E-state index in [1.807, 2.05) is 0 Å². The van der Waals surface area contributed by atoms with Crippen molar-refractivity contribution >= 4 is 39.1 Å². The first-order chi connectivity index (χ1) is 11.6. The molecule has 0 aliphatic carbocycles. The Balaban J connectivity index is 1.71. The number of carbonyl (C=O) groups is 2. The number of amides is 2. The molecule has 0 N–H and O–H groups in total. The minimum Gasteiger partial charge on any atom is -0.381 e. The first kappa shape index (κ1) is 15.0. The lowest BCUT2D eigenvalue weighted by atomic mass is 9.94. The van der Waals surface area contributed by atoms with Crippen LogP contribution < -0.4 is 4.90 Å². The maximum Gasteiger partial charge on any atom is 0.278 e. The van der Waals surface area contributed by atoms with Gasteiger partial charge >= 0.3 is 0 Å². The van der Waals surface area contributed by atoms with Crippen LogP contribution in [-0.2, 0) is 14.4 Å². The van der Waals surface area contributed by atoms with E-state index in [9.17, 15) is 14.0 Å². The van der Waals surface area contributed by atoms with Crippen LogP contribution in [0.2, 0.25) is 0 Å². The van der Waals surface area contributed by atoms with Crippen molar-refractivity contribution in [2.24, 2.45) is 11.1 Å². The van der Waals surface area contributed by atoms with Gasteiger partial charge in [0.05, 0.1) is 5.69 Å². The summed E-state index contributed by atoms with van der Waals surface area (Å²) < 4.78 is 13.9. The second kappa shape index (κ2) is 5.52. The molecule has 24 heavy (non-hydrogen) atoms. The van der Waals surface area contributed by atoms with E-state index < -0.39 is 23.8 Å². The van der Waals surface area contributed by atoms with E-state index in [1.54, 1.807) is 24.3 Å². The Morgan fingerprint density at radius 2 is 1.83 bits per heavy atom. The first-order valence-corrected chi connectivity index (χ1v) is 7.98. The molecule has 1 saturated heterocycles. The van der Waals surface area contributed by atoms with Crippen molar-refractivity contribution in [1.29, 1.82) is 0 Å².